The number of anilines is 1. The first-order valence-corrected chi connectivity index (χ1v) is 8.55. The second-order valence-electron chi connectivity index (χ2n) is 4.72. The fourth-order valence-corrected chi connectivity index (χ4v) is 4.68. The van der Waals surface area contributed by atoms with E-state index in [-0.39, 0.29) is 0 Å². The summed E-state index contributed by atoms with van der Waals surface area (Å²) in [6.45, 7) is 1.92. The molecule has 2 aromatic carbocycles. The Hall–Kier alpha value is -1.65. The summed E-state index contributed by atoms with van der Waals surface area (Å²) in [5, 5.41) is 3.30. The molecule has 0 saturated carbocycles. The third kappa shape index (κ3) is 2.37. The number of nitrogens with two attached hydrogens (primary N) is 1. The molecule has 1 atom stereocenters. The van der Waals surface area contributed by atoms with Gasteiger partial charge in [-0.1, -0.05) is 24.3 Å². The zero-order chi connectivity index (χ0) is 14.1. The van der Waals surface area contributed by atoms with Crippen LogP contribution in [0.5, 0.6) is 0 Å². The molecule has 4 heteroatoms. The first kappa shape index (κ1) is 13.3. The summed E-state index contributed by atoms with van der Waals surface area (Å²) in [5.41, 5.74) is 8.66. The highest BCUT2D eigenvalue weighted by atomic mass is 32.2. The van der Waals surface area contributed by atoms with Crippen LogP contribution in [0.2, 0.25) is 0 Å². The van der Waals surface area contributed by atoms with Crippen molar-refractivity contribution >= 4 is 37.9 Å². The fourth-order valence-electron chi connectivity index (χ4n) is 2.24. The highest BCUT2D eigenvalue weighted by molar-refractivity contribution is 7.84. The van der Waals surface area contributed by atoms with Crippen molar-refractivity contribution in [3.05, 3.63) is 59.0 Å². The molecule has 2 nitrogen and oxygen atoms in total. The average molecular weight is 301 g/mol. The quantitative estimate of drug-likeness (QED) is 0.740. The van der Waals surface area contributed by atoms with E-state index in [1.165, 1.54) is 10.1 Å². The normalized spacial score (nSPS) is 12.7. The van der Waals surface area contributed by atoms with Gasteiger partial charge < -0.3 is 5.73 Å². The summed E-state index contributed by atoms with van der Waals surface area (Å²) in [5.74, 6) is 0.536. The summed E-state index contributed by atoms with van der Waals surface area (Å²) in [4.78, 5) is 0.834. The lowest BCUT2D eigenvalue weighted by molar-refractivity contribution is 0.682. The average Bonchev–Trinajstić information content (AvgIpc) is 2.85. The van der Waals surface area contributed by atoms with Gasteiger partial charge in [0, 0.05) is 15.3 Å². The summed E-state index contributed by atoms with van der Waals surface area (Å²) in [6, 6.07) is 13.8. The van der Waals surface area contributed by atoms with Crippen LogP contribution in [0, 0.1) is 6.92 Å². The first-order chi connectivity index (χ1) is 9.66. The van der Waals surface area contributed by atoms with Crippen molar-refractivity contribution in [1.29, 1.82) is 0 Å². The van der Waals surface area contributed by atoms with Gasteiger partial charge in [-0.2, -0.15) is 0 Å². The van der Waals surface area contributed by atoms with Gasteiger partial charge in [0.15, 0.2) is 0 Å². The van der Waals surface area contributed by atoms with Crippen molar-refractivity contribution in [2.45, 2.75) is 17.6 Å². The van der Waals surface area contributed by atoms with Gasteiger partial charge in [-0.15, -0.1) is 11.3 Å². The van der Waals surface area contributed by atoms with E-state index in [9.17, 15) is 4.21 Å². The van der Waals surface area contributed by atoms with Crippen molar-refractivity contribution in [3.63, 3.8) is 0 Å². The standard InChI is InChI=1S/C16H15NOS2/c1-11-14(17)6-4-8-16(11)20(18)10-12-9-19-15-7-3-2-5-13(12)15/h2-9H,10,17H2,1H3. The Morgan fingerprint density at radius 2 is 1.95 bits per heavy atom. The number of benzene rings is 2. The molecule has 0 aliphatic carbocycles. The maximum absolute atomic E-state index is 12.6. The number of fused-ring (bicyclic) bond motifs is 1. The van der Waals surface area contributed by atoms with E-state index >= 15 is 0 Å². The molecule has 0 bridgehead atoms. The van der Waals surface area contributed by atoms with Crippen molar-refractivity contribution in [2.75, 3.05) is 5.73 Å². The van der Waals surface area contributed by atoms with E-state index < -0.39 is 10.8 Å². The molecular formula is C16H15NOS2. The molecule has 0 radical (unpaired) electrons. The molecule has 1 heterocycles. The molecule has 1 unspecified atom stereocenters. The van der Waals surface area contributed by atoms with Crippen LogP contribution in [-0.2, 0) is 16.6 Å². The van der Waals surface area contributed by atoms with E-state index in [0.29, 0.717) is 11.4 Å². The van der Waals surface area contributed by atoms with Gasteiger partial charge in [0.05, 0.1) is 16.6 Å². The lowest BCUT2D eigenvalue weighted by Gasteiger charge is -2.07. The van der Waals surface area contributed by atoms with Crippen molar-refractivity contribution in [2.24, 2.45) is 0 Å². The number of hydrogen-bond acceptors (Lipinski definition) is 3. The Kier molecular flexibility index (Phi) is 3.59. The van der Waals surface area contributed by atoms with Crippen LogP contribution in [0.15, 0.2) is 52.7 Å². The zero-order valence-corrected chi connectivity index (χ0v) is 12.8. The molecule has 0 spiro atoms. The van der Waals surface area contributed by atoms with E-state index in [1.54, 1.807) is 11.3 Å². The van der Waals surface area contributed by atoms with Crippen LogP contribution < -0.4 is 5.73 Å². The van der Waals surface area contributed by atoms with E-state index in [1.807, 2.05) is 37.3 Å². The van der Waals surface area contributed by atoms with Gasteiger partial charge in [-0.25, -0.2) is 0 Å². The largest absolute Gasteiger partial charge is 0.398 e. The lowest BCUT2D eigenvalue weighted by Crippen LogP contribution is -2.01. The van der Waals surface area contributed by atoms with Gasteiger partial charge >= 0.3 is 0 Å². The van der Waals surface area contributed by atoms with Crippen LogP contribution in [0.4, 0.5) is 5.69 Å². The SMILES string of the molecule is Cc1c(N)cccc1S(=O)Cc1csc2ccccc12. The van der Waals surface area contributed by atoms with Crippen molar-refractivity contribution in [3.8, 4) is 0 Å². The number of thiophene rings is 1. The molecule has 0 aliphatic rings. The Balaban J connectivity index is 1.95. The monoisotopic (exact) mass is 301 g/mol. The number of rotatable bonds is 3. The maximum Gasteiger partial charge on any atom is 0.0578 e. The summed E-state index contributed by atoms with van der Waals surface area (Å²) < 4.78 is 13.8. The first-order valence-electron chi connectivity index (χ1n) is 6.35. The topological polar surface area (TPSA) is 43.1 Å². The lowest BCUT2D eigenvalue weighted by atomic mass is 10.2. The fraction of sp³-hybridized carbons (Fsp3) is 0.125. The molecule has 102 valence electrons. The van der Waals surface area contributed by atoms with E-state index in [4.69, 9.17) is 5.73 Å². The summed E-state index contributed by atoms with van der Waals surface area (Å²) in [7, 11) is -1.06. The number of nitrogen functional groups attached to an aromatic ring is 1. The third-order valence-corrected chi connectivity index (χ3v) is 5.94. The summed E-state index contributed by atoms with van der Waals surface area (Å²) >= 11 is 1.70. The second-order valence-corrected chi connectivity index (χ2v) is 7.05. The Morgan fingerprint density at radius 3 is 2.80 bits per heavy atom. The molecule has 2 N–H and O–H groups in total. The molecular weight excluding hydrogens is 286 g/mol. The van der Waals surface area contributed by atoms with Crippen LogP contribution >= 0.6 is 11.3 Å². The highest BCUT2D eigenvalue weighted by Gasteiger charge is 2.12. The molecule has 0 aliphatic heterocycles. The molecule has 3 aromatic rings. The van der Waals surface area contributed by atoms with Crippen LogP contribution in [0.25, 0.3) is 10.1 Å². The molecule has 1 aromatic heterocycles. The van der Waals surface area contributed by atoms with Gasteiger partial charge in [0.25, 0.3) is 0 Å². The molecule has 0 saturated heterocycles. The Bertz CT molecular complexity index is 792. The smallest absolute Gasteiger partial charge is 0.0578 e. The molecule has 20 heavy (non-hydrogen) atoms. The minimum absolute atomic E-state index is 0.536. The third-order valence-electron chi connectivity index (χ3n) is 3.42. The summed E-state index contributed by atoms with van der Waals surface area (Å²) in [6.07, 6.45) is 0. The second kappa shape index (κ2) is 5.38. The van der Waals surface area contributed by atoms with E-state index in [0.717, 1.165) is 16.0 Å². The zero-order valence-electron chi connectivity index (χ0n) is 11.1. The molecule has 0 fully saturated rings. The number of hydrogen-bond donors (Lipinski definition) is 1. The minimum atomic E-state index is -1.06. The van der Waals surface area contributed by atoms with Gasteiger partial charge in [-0.05, 0) is 47.0 Å². The van der Waals surface area contributed by atoms with Gasteiger partial charge in [0.1, 0.15) is 0 Å². The van der Waals surface area contributed by atoms with Gasteiger partial charge in [0.2, 0.25) is 0 Å². The molecule has 3 rings (SSSR count). The maximum atomic E-state index is 12.6. The van der Waals surface area contributed by atoms with E-state index in [2.05, 4.69) is 17.5 Å². The minimum Gasteiger partial charge on any atom is -0.398 e. The predicted molar refractivity (Wildman–Crippen MR) is 87.5 cm³/mol. The Morgan fingerprint density at radius 1 is 1.15 bits per heavy atom. The van der Waals surface area contributed by atoms with Crippen molar-refractivity contribution < 1.29 is 4.21 Å². The van der Waals surface area contributed by atoms with Gasteiger partial charge in [-0.3, -0.25) is 4.21 Å². The Labute approximate surface area is 124 Å². The highest BCUT2D eigenvalue weighted by Crippen LogP contribution is 2.28. The van der Waals surface area contributed by atoms with Crippen LogP contribution in [-0.4, -0.2) is 4.21 Å². The van der Waals surface area contributed by atoms with Crippen LogP contribution in [0.1, 0.15) is 11.1 Å². The molecule has 0 amide bonds. The predicted octanol–water partition coefficient (Wildman–Crippen LogP) is 4.10. The van der Waals surface area contributed by atoms with Crippen LogP contribution in [0.3, 0.4) is 0 Å². The van der Waals surface area contributed by atoms with Crippen molar-refractivity contribution in [1.82, 2.24) is 0 Å².